The van der Waals surface area contributed by atoms with Crippen LogP contribution in [-0.4, -0.2) is 27.7 Å². The molecule has 2 unspecified atom stereocenters. The predicted octanol–water partition coefficient (Wildman–Crippen LogP) is 1.44. The van der Waals surface area contributed by atoms with Crippen LogP contribution in [0.25, 0.3) is 0 Å². The van der Waals surface area contributed by atoms with Crippen LogP contribution in [-0.2, 0) is 6.54 Å². The van der Waals surface area contributed by atoms with Crippen molar-refractivity contribution in [3.63, 3.8) is 0 Å². The fourth-order valence-corrected chi connectivity index (χ4v) is 2.45. The number of aliphatic hydroxyl groups is 1. The maximum atomic E-state index is 10.0. The van der Waals surface area contributed by atoms with Gasteiger partial charge in [-0.3, -0.25) is 0 Å². The molecule has 90 valence electrons. The van der Waals surface area contributed by atoms with Crippen molar-refractivity contribution in [2.24, 2.45) is 5.41 Å². The Bertz CT molecular complexity index is 312. The summed E-state index contributed by atoms with van der Waals surface area (Å²) in [7, 11) is 0. The molecule has 0 bridgehead atoms. The molecule has 2 atom stereocenters. The molecule has 0 radical (unpaired) electrons. The summed E-state index contributed by atoms with van der Waals surface area (Å²) in [5.41, 5.74) is 0.0326. The molecule has 16 heavy (non-hydrogen) atoms. The van der Waals surface area contributed by atoms with Crippen LogP contribution < -0.4 is 5.32 Å². The first-order valence-corrected chi connectivity index (χ1v) is 6.08. The Morgan fingerprint density at radius 2 is 2.50 bits per heavy atom. The Labute approximate surface area is 96.5 Å². The molecule has 1 heterocycles. The van der Waals surface area contributed by atoms with Crippen molar-refractivity contribution in [3.8, 4) is 0 Å². The van der Waals surface area contributed by atoms with Gasteiger partial charge in [0.25, 0.3) is 0 Å². The Kier molecular flexibility index (Phi) is 3.61. The third kappa shape index (κ3) is 2.62. The van der Waals surface area contributed by atoms with Crippen molar-refractivity contribution in [1.29, 1.82) is 0 Å². The highest BCUT2D eigenvalue weighted by Gasteiger charge is 2.34. The van der Waals surface area contributed by atoms with E-state index in [0.29, 0.717) is 0 Å². The Balaban J connectivity index is 1.79. The van der Waals surface area contributed by atoms with Crippen LogP contribution in [0.3, 0.4) is 0 Å². The van der Waals surface area contributed by atoms with Crippen molar-refractivity contribution in [2.45, 2.75) is 45.3 Å². The number of H-pyrrole nitrogens is 1. The first kappa shape index (κ1) is 11.6. The molecule has 2 rings (SSSR count). The van der Waals surface area contributed by atoms with Gasteiger partial charge >= 0.3 is 0 Å². The summed E-state index contributed by atoms with van der Waals surface area (Å²) in [6, 6.07) is 0. The topological polar surface area (TPSA) is 60.9 Å². The molecule has 0 aliphatic heterocycles. The van der Waals surface area contributed by atoms with Gasteiger partial charge in [-0.05, 0) is 12.8 Å². The van der Waals surface area contributed by atoms with Crippen LogP contribution in [0.4, 0.5) is 0 Å². The highest BCUT2D eigenvalue weighted by molar-refractivity contribution is 4.90. The van der Waals surface area contributed by atoms with E-state index in [0.717, 1.165) is 38.2 Å². The van der Waals surface area contributed by atoms with E-state index < -0.39 is 0 Å². The maximum Gasteiger partial charge on any atom is 0.120 e. The summed E-state index contributed by atoms with van der Waals surface area (Å²) >= 11 is 0. The molecule has 4 heteroatoms. The lowest BCUT2D eigenvalue weighted by atomic mass is 9.73. The number of aromatic nitrogens is 2. The Morgan fingerprint density at radius 3 is 3.19 bits per heavy atom. The van der Waals surface area contributed by atoms with Gasteiger partial charge in [0.05, 0.1) is 12.6 Å². The molecule has 3 N–H and O–H groups in total. The molecule has 1 aliphatic carbocycles. The zero-order valence-corrected chi connectivity index (χ0v) is 9.87. The van der Waals surface area contributed by atoms with E-state index in [1.807, 2.05) is 6.20 Å². The van der Waals surface area contributed by atoms with Gasteiger partial charge in [0.2, 0.25) is 0 Å². The zero-order chi connectivity index (χ0) is 11.4. The van der Waals surface area contributed by atoms with Crippen LogP contribution in [0.2, 0.25) is 0 Å². The summed E-state index contributed by atoms with van der Waals surface area (Å²) in [5, 5.41) is 13.4. The van der Waals surface area contributed by atoms with E-state index in [1.54, 1.807) is 6.20 Å². The summed E-state index contributed by atoms with van der Waals surface area (Å²) in [6.45, 7) is 3.77. The van der Waals surface area contributed by atoms with Crippen LogP contribution in [0.1, 0.15) is 38.4 Å². The number of nitrogens with zero attached hydrogens (tertiary/aromatic N) is 1. The van der Waals surface area contributed by atoms with E-state index in [-0.39, 0.29) is 11.5 Å². The van der Waals surface area contributed by atoms with Crippen molar-refractivity contribution in [1.82, 2.24) is 15.3 Å². The lowest BCUT2D eigenvalue weighted by Gasteiger charge is -2.38. The maximum absolute atomic E-state index is 10.0. The molecule has 4 nitrogen and oxygen atoms in total. The molecule has 1 saturated carbocycles. The number of aliphatic hydroxyl groups excluding tert-OH is 1. The van der Waals surface area contributed by atoms with Gasteiger partial charge in [-0.15, -0.1) is 0 Å². The van der Waals surface area contributed by atoms with Crippen molar-refractivity contribution < 1.29 is 5.11 Å². The minimum Gasteiger partial charge on any atom is -0.393 e. The highest BCUT2D eigenvalue weighted by Crippen LogP contribution is 2.35. The van der Waals surface area contributed by atoms with Gasteiger partial charge in [-0.1, -0.05) is 19.8 Å². The average molecular weight is 223 g/mol. The lowest BCUT2D eigenvalue weighted by Crippen LogP contribution is -2.43. The summed E-state index contributed by atoms with van der Waals surface area (Å²) in [6.07, 6.45) is 7.87. The molecular weight excluding hydrogens is 202 g/mol. The van der Waals surface area contributed by atoms with Crippen LogP contribution in [0.5, 0.6) is 0 Å². The smallest absolute Gasteiger partial charge is 0.120 e. The fourth-order valence-electron chi connectivity index (χ4n) is 2.45. The van der Waals surface area contributed by atoms with Gasteiger partial charge in [0.1, 0.15) is 5.82 Å². The minimum absolute atomic E-state index is 0.0326. The summed E-state index contributed by atoms with van der Waals surface area (Å²) in [4.78, 5) is 7.22. The van der Waals surface area contributed by atoms with Gasteiger partial charge in [0.15, 0.2) is 0 Å². The molecule has 1 fully saturated rings. The molecule has 1 aromatic heterocycles. The van der Waals surface area contributed by atoms with E-state index >= 15 is 0 Å². The number of imidazole rings is 1. The Morgan fingerprint density at radius 1 is 1.62 bits per heavy atom. The SMILES string of the molecule is CC1(CNCc2ncc[nH]2)CCCCC1O. The predicted molar refractivity (Wildman–Crippen MR) is 62.9 cm³/mol. The minimum atomic E-state index is -0.162. The number of aromatic amines is 1. The summed E-state index contributed by atoms with van der Waals surface area (Å²) < 4.78 is 0. The number of hydrogen-bond acceptors (Lipinski definition) is 3. The molecule has 0 amide bonds. The van der Waals surface area contributed by atoms with Gasteiger partial charge in [-0.25, -0.2) is 4.98 Å². The molecular formula is C12H21N3O. The van der Waals surface area contributed by atoms with Crippen molar-refractivity contribution >= 4 is 0 Å². The van der Waals surface area contributed by atoms with E-state index in [4.69, 9.17) is 0 Å². The number of hydrogen-bond donors (Lipinski definition) is 3. The first-order chi connectivity index (χ1) is 7.71. The van der Waals surface area contributed by atoms with Crippen LogP contribution in [0.15, 0.2) is 12.4 Å². The van der Waals surface area contributed by atoms with Crippen molar-refractivity contribution in [3.05, 3.63) is 18.2 Å². The first-order valence-electron chi connectivity index (χ1n) is 6.08. The van der Waals surface area contributed by atoms with Gasteiger partial charge < -0.3 is 15.4 Å². The molecule has 0 aromatic carbocycles. The van der Waals surface area contributed by atoms with Gasteiger partial charge in [0, 0.05) is 24.4 Å². The lowest BCUT2D eigenvalue weighted by molar-refractivity contribution is 0.00107. The second kappa shape index (κ2) is 4.97. The largest absolute Gasteiger partial charge is 0.393 e. The molecule has 0 saturated heterocycles. The molecule has 1 aromatic rings. The Hall–Kier alpha value is -0.870. The third-order valence-electron chi connectivity index (χ3n) is 3.66. The molecule has 0 spiro atoms. The van der Waals surface area contributed by atoms with Crippen LogP contribution >= 0.6 is 0 Å². The quantitative estimate of drug-likeness (QED) is 0.724. The summed E-state index contributed by atoms with van der Waals surface area (Å²) in [5.74, 6) is 0.953. The van der Waals surface area contributed by atoms with E-state index in [2.05, 4.69) is 22.2 Å². The number of nitrogens with one attached hydrogen (secondary N) is 2. The zero-order valence-electron chi connectivity index (χ0n) is 9.87. The van der Waals surface area contributed by atoms with E-state index in [1.165, 1.54) is 6.42 Å². The molecule has 1 aliphatic rings. The van der Waals surface area contributed by atoms with Crippen LogP contribution in [0, 0.1) is 5.41 Å². The van der Waals surface area contributed by atoms with Crippen molar-refractivity contribution in [2.75, 3.05) is 6.54 Å². The average Bonchev–Trinajstić information content (AvgIpc) is 2.76. The second-order valence-corrected chi connectivity index (χ2v) is 5.06. The normalized spacial score (nSPS) is 30.5. The third-order valence-corrected chi connectivity index (χ3v) is 3.66. The fraction of sp³-hybridized carbons (Fsp3) is 0.750. The van der Waals surface area contributed by atoms with E-state index in [9.17, 15) is 5.11 Å². The highest BCUT2D eigenvalue weighted by atomic mass is 16.3. The monoisotopic (exact) mass is 223 g/mol. The second-order valence-electron chi connectivity index (χ2n) is 5.06. The number of rotatable bonds is 4. The van der Waals surface area contributed by atoms with Gasteiger partial charge in [-0.2, -0.15) is 0 Å². The standard InChI is InChI=1S/C12H21N3O/c1-12(5-3-2-4-10(12)16)9-13-8-11-14-6-7-15-11/h6-7,10,13,16H,2-5,8-9H2,1H3,(H,14,15).